The van der Waals surface area contributed by atoms with E-state index >= 15 is 0 Å². The summed E-state index contributed by atoms with van der Waals surface area (Å²) in [5.41, 5.74) is 3.23. The molecule has 2 aromatic carbocycles. The summed E-state index contributed by atoms with van der Waals surface area (Å²) in [6.45, 7) is 3.73. The Bertz CT molecular complexity index is 1170. The van der Waals surface area contributed by atoms with Crippen molar-refractivity contribution < 1.29 is 14.3 Å². The lowest BCUT2D eigenvalue weighted by atomic mass is 9.98. The predicted molar refractivity (Wildman–Crippen MR) is 124 cm³/mol. The first-order valence-corrected chi connectivity index (χ1v) is 11.2. The van der Waals surface area contributed by atoms with E-state index < -0.39 is 0 Å². The number of hydrogen-bond acceptors (Lipinski definition) is 5. The second kappa shape index (κ2) is 8.10. The zero-order valence-electron chi connectivity index (χ0n) is 18.9. The number of pyridine rings is 1. The van der Waals surface area contributed by atoms with Gasteiger partial charge in [0, 0.05) is 23.1 Å². The van der Waals surface area contributed by atoms with Crippen LogP contribution >= 0.6 is 0 Å². The van der Waals surface area contributed by atoms with E-state index in [0.29, 0.717) is 24.1 Å². The lowest BCUT2D eigenvalue weighted by molar-refractivity contribution is 0.0767. The molecule has 0 unspecified atom stereocenters. The van der Waals surface area contributed by atoms with Gasteiger partial charge in [0.1, 0.15) is 12.4 Å². The number of rotatable bonds is 7. The van der Waals surface area contributed by atoms with Crippen LogP contribution in [0.25, 0.3) is 10.9 Å². The lowest BCUT2D eigenvalue weighted by Crippen LogP contribution is -2.48. The van der Waals surface area contributed by atoms with Gasteiger partial charge in [0.2, 0.25) is 5.88 Å². The Labute approximate surface area is 188 Å². The standard InChI is InChI=1S/C26H29N3O3/c1-17-7-8-19(32-16-18-11-14-29(18)2)15-21(17)25(30)28-26(12-13-26)22-5-4-6-23-20(22)9-10-24(27-23)31-3/h4-10,15,18H,11-14,16H2,1-3H3,(H,28,30)/t18-/m0/s1. The molecule has 1 atom stereocenters. The summed E-state index contributed by atoms with van der Waals surface area (Å²) in [6, 6.07) is 16.2. The number of likely N-dealkylation sites (N-methyl/N-ethyl adjacent to an activating group) is 1. The normalized spacial score (nSPS) is 19.3. The van der Waals surface area contributed by atoms with Crippen LogP contribution in [-0.2, 0) is 5.54 Å². The molecule has 2 heterocycles. The van der Waals surface area contributed by atoms with Crippen molar-refractivity contribution in [3.8, 4) is 11.6 Å². The zero-order chi connectivity index (χ0) is 22.3. The van der Waals surface area contributed by atoms with Gasteiger partial charge in [-0.25, -0.2) is 4.98 Å². The number of fused-ring (bicyclic) bond motifs is 1. The molecule has 1 aromatic heterocycles. The molecule has 6 heteroatoms. The highest BCUT2D eigenvalue weighted by molar-refractivity contribution is 5.97. The van der Waals surface area contributed by atoms with E-state index in [1.165, 1.54) is 0 Å². The molecule has 1 N–H and O–H groups in total. The molecule has 1 amide bonds. The second-order valence-corrected chi connectivity index (χ2v) is 8.97. The van der Waals surface area contributed by atoms with Gasteiger partial charge in [0.15, 0.2) is 0 Å². The molecule has 0 spiro atoms. The van der Waals surface area contributed by atoms with E-state index in [1.54, 1.807) is 7.11 Å². The Morgan fingerprint density at radius 3 is 2.75 bits per heavy atom. The van der Waals surface area contributed by atoms with Crippen LogP contribution in [-0.4, -0.2) is 49.1 Å². The van der Waals surface area contributed by atoms with E-state index in [4.69, 9.17) is 9.47 Å². The Kier molecular flexibility index (Phi) is 5.25. The Balaban J connectivity index is 1.37. The summed E-state index contributed by atoms with van der Waals surface area (Å²) in [6.07, 6.45) is 2.98. The molecule has 0 radical (unpaired) electrons. The summed E-state index contributed by atoms with van der Waals surface area (Å²) in [4.78, 5) is 20.2. The van der Waals surface area contributed by atoms with Gasteiger partial charge in [-0.1, -0.05) is 18.2 Å². The highest BCUT2D eigenvalue weighted by Gasteiger charge is 2.47. The number of nitrogens with zero attached hydrogens (tertiary/aromatic N) is 2. The highest BCUT2D eigenvalue weighted by Crippen LogP contribution is 2.48. The number of likely N-dealkylation sites (tertiary alicyclic amines) is 1. The van der Waals surface area contributed by atoms with Gasteiger partial charge in [-0.3, -0.25) is 9.69 Å². The number of aromatic nitrogens is 1. The Morgan fingerprint density at radius 1 is 1.22 bits per heavy atom. The van der Waals surface area contributed by atoms with Gasteiger partial charge in [-0.05, 0) is 75.2 Å². The van der Waals surface area contributed by atoms with E-state index in [-0.39, 0.29) is 11.4 Å². The largest absolute Gasteiger partial charge is 0.492 e. The number of amides is 1. The van der Waals surface area contributed by atoms with E-state index in [2.05, 4.69) is 28.3 Å². The monoisotopic (exact) mass is 431 g/mol. The van der Waals surface area contributed by atoms with Crippen molar-refractivity contribution in [1.82, 2.24) is 15.2 Å². The average molecular weight is 432 g/mol. The van der Waals surface area contributed by atoms with Crippen molar-refractivity contribution in [3.63, 3.8) is 0 Å². The first kappa shape index (κ1) is 20.8. The van der Waals surface area contributed by atoms with Crippen LogP contribution in [0.15, 0.2) is 48.5 Å². The maximum Gasteiger partial charge on any atom is 0.252 e. The molecular formula is C26H29N3O3. The first-order valence-electron chi connectivity index (χ1n) is 11.2. The lowest BCUT2D eigenvalue weighted by Gasteiger charge is -2.37. The van der Waals surface area contributed by atoms with Crippen molar-refractivity contribution in [2.45, 2.75) is 37.8 Å². The third kappa shape index (κ3) is 3.79. The molecule has 6 nitrogen and oxygen atoms in total. The SMILES string of the molecule is COc1ccc2c(C3(NC(=O)c4cc(OC[C@@H]5CCN5C)ccc4C)CC3)cccc2n1. The fourth-order valence-electron chi connectivity index (χ4n) is 4.45. The number of hydrogen-bond donors (Lipinski definition) is 1. The van der Waals surface area contributed by atoms with Gasteiger partial charge >= 0.3 is 0 Å². The third-order valence-corrected chi connectivity index (χ3v) is 6.87. The average Bonchev–Trinajstić information content (AvgIpc) is 3.58. The van der Waals surface area contributed by atoms with Gasteiger partial charge in [0.05, 0.1) is 18.2 Å². The van der Waals surface area contributed by atoms with Crippen LogP contribution in [0.1, 0.15) is 40.7 Å². The quantitative estimate of drug-likeness (QED) is 0.611. The third-order valence-electron chi connectivity index (χ3n) is 6.87. The number of methoxy groups -OCH3 is 1. The fourth-order valence-corrected chi connectivity index (χ4v) is 4.45. The number of carbonyl (C=O) groups is 1. The number of aryl methyl sites for hydroxylation is 1. The van der Waals surface area contributed by atoms with E-state index in [0.717, 1.165) is 53.6 Å². The van der Waals surface area contributed by atoms with Crippen LogP contribution in [0.5, 0.6) is 11.6 Å². The van der Waals surface area contributed by atoms with Crippen molar-refractivity contribution in [1.29, 1.82) is 0 Å². The smallest absolute Gasteiger partial charge is 0.252 e. The maximum atomic E-state index is 13.3. The predicted octanol–water partition coefficient (Wildman–Crippen LogP) is 4.05. The Morgan fingerprint density at radius 2 is 2.06 bits per heavy atom. The van der Waals surface area contributed by atoms with Crippen LogP contribution in [0, 0.1) is 6.92 Å². The maximum absolute atomic E-state index is 13.3. The molecule has 2 aliphatic rings. The minimum absolute atomic E-state index is 0.0651. The molecule has 2 fully saturated rings. The second-order valence-electron chi connectivity index (χ2n) is 8.97. The van der Waals surface area contributed by atoms with Gasteiger partial charge in [-0.15, -0.1) is 0 Å². The Hall–Kier alpha value is -3.12. The topological polar surface area (TPSA) is 63.7 Å². The molecule has 3 aromatic rings. The molecule has 32 heavy (non-hydrogen) atoms. The van der Waals surface area contributed by atoms with E-state index in [9.17, 15) is 4.79 Å². The molecule has 1 saturated heterocycles. The fraction of sp³-hybridized carbons (Fsp3) is 0.385. The van der Waals surface area contributed by atoms with Gasteiger partial charge in [-0.2, -0.15) is 0 Å². The van der Waals surface area contributed by atoms with Crippen molar-refractivity contribution in [2.75, 3.05) is 27.3 Å². The number of nitrogens with one attached hydrogen (secondary N) is 1. The van der Waals surface area contributed by atoms with Crippen molar-refractivity contribution in [2.24, 2.45) is 0 Å². The molecule has 0 bridgehead atoms. The molecular weight excluding hydrogens is 402 g/mol. The van der Waals surface area contributed by atoms with Crippen molar-refractivity contribution >= 4 is 16.8 Å². The minimum atomic E-state index is -0.356. The van der Waals surface area contributed by atoms with Crippen LogP contribution in [0.2, 0.25) is 0 Å². The van der Waals surface area contributed by atoms with Crippen LogP contribution in [0.4, 0.5) is 0 Å². The first-order chi connectivity index (χ1) is 15.5. The molecule has 1 saturated carbocycles. The molecule has 5 rings (SSSR count). The number of carbonyl (C=O) groups excluding carboxylic acids is 1. The summed E-state index contributed by atoms with van der Waals surface area (Å²) in [5.74, 6) is 1.26. The summed E-state index contributed by atoms with van der Waals surface area (Å²) in [5, 5.41) is 4.37. The van der Waals surface area contributed by atoms with E-state index in [1.807, 2.05) is 49.4 Å². The van der Waals surface area contributed by atoms with Gasteiger partial charge < -0.3 is 14.8 Å². The van der Waals surface area contributed by atoms with Crippen LogP contribution < -0.4 is 14.8 Å². The minimum Gasteiger partial charge on any atom is -0.492 e. The highest BCUT2D eigenvalue weighted by atomic mass is 16.5. The summed E-state index contributed by atoms with van der Waals surface area (Å²) >= 11 is 0. The van der Waals surface area contributed by atoms with Crippen LogP contribution in [0.3, 0.4) is 0 Å². The number of benzene rings is 2. The molecule has 1 aliphatic carbocycles. The summed E-state index contributed by atoms with van der Waals surface area (Å²) in [7, 11) is 3.73. The molecule has 166 valence electrons. The zero-order valence-corrected chi connectivity index (χ0v) is 18.9. The number of ether oxygens (including phenoxy) is 2. The summed E-state index contributed by atoms with van der Waals surface area (Å²) < 4.78 is 11.3. The molecule has 1 aliphatic heterocycles. The van der Waals surface area contributed by atoms with Gasteiger partial charge in [0.25, 0.3) is 5.91 Å². The van der Waals surface area contributed by atoms with Crippen molar-refractivity contribution in [3.05, 3.63) is 65.2 Å².